The highest BCUT2D eigenvalue weighted by Crippen LogP contribution is 2.11. The Morgan fingerprint density at radius 2 is 2.12 bits per heavy atom. The molecule has 0 radical (unpaired) electrons. The summed E-state index contributed by atoms with van der Waals surface area (Å²) in [7, 11) is 2.12. The minimum absolute atomic E-state index is 0.446. The minimum Gasteiger partial charge on any atom is -0.329 e. The minimum atomic E-state index is 0.446. The lowest BCUT2D eigenvalue weighted by Gasteiger charge is -2.28. The zero-order valence-corrected chi connectivity index (χ0v) is 10.6. The predicted molar refractivity (Wildman–Crippen MR) is 68.0 cm³/mol. The van der Waals surface area contributed by atoms with E-state index in [4.69, 9.17) is 5.73 Å². The number of likely N-dealkylation sites (N-methyl/N-ethyl adjacent to an activating group) is 1. The predicted octanol–water partition coefficient (Wildman–Crippen LogP) is 1.89. The summed E-state index contributed by atoms with van der Waals surface area (Å²) in [5, 5.41) is 0. The highest BCUT2D eigenvalue weighted by Gasteiger charge is 2.14. The van der Waals surface area contributed by atoms with Crippen molar-refractivity contribution < 1.29 is 0 Å². The third kappa shape index (κ3) is 4.29. The molecule has 0 fully saturated rings. The van der Waals surface area contributed by atoms with Gasteiger partial charge in [-0.05, 0) is 31.5 Å². The fraction of sp³-hybridized carbons (Fsp3) is 0.615. The monoisotopic (exact) mass is 221 g/mol. The van der Waals surface area contributed by atoms with Gasteiger partial charge in [0.15, 0.2) is 0 Å². The van der Waals surface area contributed by atoms with Gasteiger partial charge in [-0.3, -0.25) is 9.88 Å². The normalized spacial score (nSPS) is 13.4. The molecular weight excluding hydrogens is 198 g/mol. The molecular formula is C13H23N3. The summed E-state index contributed by atoms with van der Waals surface area (Å²) in [6.07, 6.45) is 2.98. The lowest BCUT2D eigenvalue weighted by Crippen LogP contribution is -2.38. The van der Waals surface area contributed by atoms with Crippen LogP contribution in [0.2, 0.25) is 0 Å². The molecule has 1 aromatic heterocycles. The largest absolute Gasteiger partial charge is 0.329 e. The Hall–Kier alpha value is -0.930. The first-order valence-corrected chi connectivity index (χ1v) is 5.93. The van der Waals surface area contributed by atoms with Gasteiger partial charge in [-0.1, -0.05) is 19.9 Å². The Bertz CT molecular complexity index is 284. The number of nitrogens with zero attached hydrogens (tertiary/aromatic N) is 2. The fourth-order valence-corrected chi connectivity index (χ4v) is 1.88. The van der Waals surface area contributed by atoms with Crippen molar-refractivity contribution in [3.05, 3.63) is 30.1 Å². The van der Waals surface area contributed by atoms with E-state index in [0.717, 1.165) is 18.7 Å². The van der Waals surface area contributed by atoms with E-state index in [-0.39, 0.29) is 0 Å². The van der Waals surface area contributed by atoms with Gasteiger partial charge in [0.1, 0.15) is 0 Å². The van der Waals surface area contributed by atoms with E-state index >= 15 is 0 Å². The summed E-state index contributed by atoms with van der Waals surface area (Å²) in [5.41, 5.74) is 6.92. The van der Waals surface area contributed by atoms with Gasteiger partial charge in [0.2, 0.25) is 0 Å². The van der Waals surface area contributed by atoms with Crippen LogP contribution in [0.5, 0.6) is 0 Å². The first-order valence-electron chi connectivity index (χ1n) is 5.93. The van der Waals surface area contributed by atoms with Crippen molar-refractivity contribution in [1.29, 1.82) is 0 Å². The van der Waals surface area contributed by atoms with Crippen molar-refractivity contribution in [1.82, 2.24) is 9.88 Å². The molecule has 0 bridgehead atoms. The number of pyridine rings is 1. The molecule has 0 spiro atoms. The molecule has 1 aromatic rings. The van der Waals surface area contributed by atoms with Crippen LogP contribution >= 0.6 is 0 Å². The lowest BCUT2D eigenvalue weighted by atomic mass is 10.0. The molecule has 90 valence electrons. The molecule has 0 saturated carbocycles. The van der Waals surface area contributed by atoms with Crippen molar-refractivity contribution in [2.45, 2.75) is 32.9 Å². The first-order chi connectivity index (χ1) is 7.63. The van der Waals surface area contributed by atoms with E-state index in [1.807, 2.05) is 18.3 Å². The van der Waals surface area contributed by atoms with Gasteiger partial charge in [0, 0.05) is 25.3 Å². The van der Waals surface area contributed by atoms with Crippen LogP contribution in [-0.2, 0) is 6.54 Å². The molecule has 1 atom stereocenters. The summed E-state index contributed by atoms with van der Waals surface area (Å²) in [6, 6.07) is 6.47. The number of rotatable bonds is 6. The molecule has 3 nitrogen and oxygen atoms in total. The van der Waals surface area contributed by atoms with Crippen LogP contribution in [0.3, 0.4) is 0 Å². The lowest BCUT2D eigenvalue weighted by molar-refractivity contribution is 0.208. The van der Waals surface area contributed by atoms with Crippen LogP contribution in [0.25, 0.3) is 0 Å². The number of hydrogen-bond donors (Lipinski definition) is 1. The molecule has 0 saturated heterocycles. The molecule has 1 unspecified atom stereocenters. The number of aromatic nitrogens is 1. The van der Waals surface area contributed by atoms with E-state index in [0.29, 0.717) is 18.5 Å². The molecule has 0 aliphatic heterocycles. The molecule has 0 aliphatic carbocycles. The summed E-state index contributed by atoms with van der Waals surface area (Å²) in [6.45, 7) is 6.05. The first kappa shape index (κ1) is 13.1. The van der Waals surface area contributed by atoms with E-state index in [1.54, 1.807) is 0 Å². The molecule has 0 aliphatic rings. The zero-order chi connectivity index (χ0) is 12.0. The highest BCUT2D eigenvalue weighted by molar-refractivity contribution is 5.03. The Labute approximate surface area is 98.7 Å². The highest BCUT2D eigenvalue weighted by atomic mass is 15.1. The molecule has 2 N–H and O–H groups in total. The van der Waals surface area contributed by atoms with E-state index in [1.165, 1.54) is 0 Å². The van der Waals surface area contributed by atoms with Gasteiger partial charge in [-0.15, -0.1) is 0 Å². The SMILES string of the molecule is CC(C)CC(CN)N(C)Cc1ccccn1. The standard InChI is InChI=1S/C13H23N3/c1-11(2)8-13(9-14)16(3)10-12-6-4-5-7-15-12/h4-7,11,13H,8-10,14H2,1-3H3. The van der Waals surface area contributed by atoms with E-state index in [9.17, 15) is 0 Å². The maximum absolute atomic E-state index is 5.81. The zero-order valence-electron chi connectivity index (χ0n) is 10.6. The molecule has 3 heteroatoms. The third-order valence-corrected chi connectivity index (χ3v) is 2.78. The van der Waals surface area contributed by atoms with Crippen molar-refractivity contribution in [2.75, 3.05) is 13.6 Å². The van der Waals surface area contributed by atoms with Crippen LogP contribution < -0.4 is 5.73 Å². The van der Waals surface area contributed by atoms with Gasteiger partial charge in [0.05, 0.1) is 5.69 Å². The Balaban J connectivity index is 2.52. The maximum Gasteiger partial charge on any atom is 0.0543 e. The van der Waals surface area contributed by atoms with Crippen LogP contribution in [0.1, 0.15) is 26.0 Å². The second kappa shape index (κ2) is 6.61. The molecule has 1 rings (SSSR count). The number of hydrogen-bond acceptors (Lipinski definition) is 3. The average Bonchev–Trinajstić information content (AvgIpc) is 2.26. The fourth-order valence-electron chi connectivity index (χ4n) is 1.88. The second-order valence-electron chi connectivity index (χ2n) is 4.76. The summed E-state index contributed by atoms with van der Waals surface area (Å²) in [5.74, 6) is 0.680. The van der Waals surface area contributed by atoms with Crippen LogP contribution in [-0.4, -0.2) is 29.5 Å². The number of nitrogens with two attached hydrogens (primary N) is 1. The summed E-state index contributed by atoms with van der Waals surface area (Å²) in [4.78, 5) is 6.63. The smallest absolute Gasteiger partial charge is 0.0543 e. The maximum atomic E-state index is 5.81. The summed E-state index contributed by atoms with van der Waals surface area (Å²) >= 11 is 0. The van der Waals surface area contributed by atoms with E-state index < -0.39 is 0 Å². The van der Waals surface area contributed by atoms with Crippen molar-refractivity contribution in [3.63, 3.8) is 0 Å². The van der Waals surface area contributed by atoms with Gasteiger partial charge < -0.3 is 5.73 Å². The van der Waals surface area contributed by atoms with Gasteiger partial charge in [-0.2, -0.15) is 0 Å². The van der Waals surface area contributed by atoms with Crippen molar-refractivity contribution in [3.8, 4) is 0 Å². The third-order valence-electron chi connectivity index (χ3n) is 2.78. The topological polar surface area (TPSA) is 42.1 Å². The van der Waals surface area contributed by atoms with Gasteiger partial charge in [-0.25, -0.2) is 0 Å². The second-order valence-corrected chi connectivity index (χ2v) is 4.76. The Morgan fingerprint density at radius 1 is 1.38 bits per heavy atom. The van der Waals surface area contributed by atoms with Gasteiger partial charge >= 0.3 is 0 Å². The Kier molecular flexibility index (Phi) is 5.43. The van der Waals surface area contributed by atoms with Crippen molar-refractivity contribution in [2.24, 2.45) is 11.7 Å². The Morgan fingerprint density at radius 3 is 2.62 bits per heavy atom. The molecule has 0 aromatic carbocycles. The average molecular weight is 221 g/mol. The molecule has 0 amide bonds. The quantitative estimate of drug-likeness (QED) is 0.797. The van der Waals surface area contributed by atoms with Crippen LogP contribution in [0, 0.1) is 5.92 Å². The van der Waals surface area contributed by atoms with Gasteiger partial charge in [0.25, 0.3) is 0 Å². The van der Waals surface area contributed by atoms with E-state index in [2.05, 4.69) is 36.8 Å². The molecule has 1 heterocycles. The van der Waals surface area contributed by atoms with Crippen molar-refractivity contribution >= 4 is 0 Å². The van der Waals surface area contributed by atoms with Crippen LogP contribution in [0.4, 0.5) is 0 Å². The molecule has 16 heavy (non-hydrogen) atoms. The van der Waals surface area contributed by atoms with Crippen LogP contribution in [0.15, 0.2) is 24.4 Å². The summed E-state index contributed by atoms with van der Waals surface area (Å²) < 4.78 is 0.